The second kappa shape index (κ2) is 9.42. The Labute approximate surface area is 196 Å². The second-order valence-corrected chi connectivity index (χ2v) is 8.84. The van der Waals surface area contributed by atoms with Crippen molar-refractivity contribution < 1.29 is 9.59 Å². The summed E-state index contributed by atoms with van der Waals surface area (Å²) in [5, 5.41) is 12.4. The molecule has 1 aromatic heterocycles. The van der Waals surface area contributed by atoms with Crippen LogP contribution in [0.15, 0.2) is 90.1 Å². The maximum absolute atomic E-state index is 12.8. The van der Waals surface area contributed by atoms with Gasteiger partial charge in [0.05, 0.1) is 5.75 Å². The zero-order valence-electron chi connectivity index (χ0n) is 17.8. The van der Waals surface area contributed by atoms with Gasteiger partial charge in [0, 0.05) is 28.4 Å². The summed E-state index contributed by atoms with van der Waals surface area (Å²) in [6, 6.07) is 26.0. The molecule has 4 aromatic rings. The summed E-state index contributed by atoms with van der Waals surface area (Å²) < 4.78 is 2.07. The van der Waals surface area contributed by atoms with Gasteiger partial charge in [-0.15, -0.1) is 10.2 Å². The molecule has 1 aliphatic carbocycles. The summed E-state index contributed by atoms with van der Waals surface area (Å²) >= 11 is 1.39. The van der Waals surface area contributed by atoms with E-state index in [2.05, 4.69) is 20.1 Å². The van der Waals surface area contributed by atoms with Crippen molar-refractivity contribution in [2.75, 3.05) is 11.1 Å². The maximum Gasteiger partial charge on any atom is 0.255 e. The molecule has 5 rings (SSSR count). The van der Waals surface area contributed by atoms with E-state index in [-0.39, 0.29) is 17.4 Å². The highest BCUT2D eigenvalue weighted by Crippen LogP contribution is 2.41. The number of aromatic nitrogens is 3. The van der Waals surface area contributed by atoms with Crippen LogP contribution in [0, 0.1) is 0 Å². The number of para-hydroxylation sites is 1. The van der Waals surface area contributed by atoms with E-state index < -0.39 is 0 Å². The minimum atomic E-state index is -0.183. The smallest absolute Gasteiger partial charge is 0.255 e. The molecular formula is C26H22N4O2S. The van der Waals surface area contributed by atoms with Gasteiger partial charge in [-0.05, 0) is 61.4 Å². The molecule has 7 heteroatoms. The summed E-state index contributed by atoms with van der Waals surface area (Å²) in [7, 11) is 0. The van der Waals surface area contributed by atoms with Crippen LogP contribution in [-0.2, 0) is 0 Å². The van der Waals surface area contributed by atoms with E-state index in [0.717, 1.165) is 29.5 Å². The number of hydrogen-bond donors (Lipinski definition) is 1. The number of carbonyl (C=O) groups excluding carboxylic acids is 2. The minimum absolute atomic E-state index is 0.00322. The molecule has 6 nitrogen and oxygen atoms in total. The number of amides is 1. The number of Topliss-reactive ketones (excluding diaryl/α,β-unsaturated/α-hetero) is 1. The van der Waals surface area contributed by atoms with Gasteiger partial charge >= 0.3 is 0 Å². The largest absolute Gasteiger partial charge is 0.322 e. The Hall–Kier alpha value is -3.71. The van der Waals surface area contributed by atoms with Crippen molar-refractivity contribution in [3.8, 4) is 5.69 Å². The Morgan fingerprint density at radius 1 is 0.848 bits per heavy atom. The molecule has 33 heavy (non-hydrogen) atoms. The molecule has 164 valence electrons. The van der Waals surface area contributed by atoms with Gasteiger partial charge in [-0.2, -0.15) is 0 Å². The Balaban J connectivity index is 1.25. The fraction of sp³-hybridized carbons (Fsp3) is 0.154. The van der Waals surface area contributed by atoms with E-state index in [4.69, 9.17) is 0 Å². The zero-order chi connectivity index (χ0) is 22.6. The average molecular weight is 455 g/mol. The molecule has 0 unspecified atom stereocenters. The number of thioether (sulfide) groups is 1. The lowest BCUT2D eigenvalue weighted by molar-refractivity contribution is 0.101. The van der Waals surface area contributed by atoms with Crippen molar-refractivity contribution in [1.82, 2.24) is 14.8 Å². The molecule has 0 radical (unpaired) electrons. The molecule has 0 atom stereocenters. The lowest BCUT2D eigenvalue weighted by Crippen LogP contribution is -2.12. The molecule has 0 bridgehead atoms. The Bertz CT molecular complexity index is 1270. The number of ketones is 1. The topological polar surface area (TPSA) is 76.9 Å². The standard InChI is InChI=1S/C26H22N4O2S/c31-23(18-13-15-21(16-14-18)27-25(32)20-7-3-1-4-8-20)17-33-26-29-28-24(19-11-12-19)30(26)22-9-5-2-6-10-22/h1-10,13-16,19H,11-12,17H2,(H,27,32). The van der Waals surface area contributed by atoms with E-state index in [1.165, 1.54) is 11.8 Å². The summed E-state index contributed by atoms with van der Waals surface area (Å²) in [4.78, 5) is 25.1. The zero-order valence-corrected chi connectivity index (χ0v) is 18.7. The van der Waals surface area contributed by atoms with Crippen LogP contribution in [0.3, 0.4) is 0 Å². The van der Waals surface area contributed by atoms with E-state index >= 15 is 0 Å². The quantitative estimate of drug-likeness (QED) is 0.286. The first kappa shape index (κ1) is 21.2. The normalized spacial score (nSPS) is 13.0. The lowest BCUT2D eigenvalue weighted by atomic mass is 10.1. The first-order valence-electron chi connectivity index (χ1n) is 10.8. The highest BCUT2D eigenvalue weighted by Gasteiger charge is 2.31. The molecule has 1 N–H and O–H groups in total. The van der Waals surface area contributed by atoms with Crippen molar-refractivity contribution in [1.29, 1.82) is 0 Å². The molecule has 1 amide bonds. The SMILES string of the molecule is O=C(CSc1nnc(C2CC2)n1-c1ccccc1)c1ccc(NC(=O)c2ccccc2)cc1. The molecule has 1 saturated carbocycles. The molecule has 0 spiro atoms. The Kier molecular flexibility index (Phi) is 6.04. The van der Waals surface area contributed by atoms with Crippen molar-refractivity contribution in [2.45, 2.75) is 23.9 Å². The Morgan fingerprint density at radius 3 is 2.18 bits per heavy atom. The van der Waals surface area contributed by atoms with E-state index in [1.807, 2.05) is 48.5 Å². The van der Waals surface area contributed by atoms with Crippen molar-refractivity contribution in [3.63, 3.8) is 0 Å². The highest BCUT2D eigenvalue weighted by atomic mass is 32.2. The Morgan fingerprint density at radius 2 is 1.52 bits per heavy atom. The number of benzene rings is 3. The molecule has 1 heterocycles. The third-order valence-electron chi connectivity index (χ3n) is 5.45. The van der Waals surface area contributed by atoms with E-state index in [0.29, 0.717) is 22.7 Å². The van der Waals surface area contributed by atoms with Gasteiger partial charge in [0.15, 0.2) is 10.9 Å². The summed E-state index contributed by atoms with van der Waals surface area (Å²) in [5.41, 5.74) is 2.83. The van der Waals surface area contributed by atoms with Crippen LogP contribution in [-0.4, -0.2) is 32.2 Å². The maximum atomic E-state index is 12.8. The van der Waals surface area contributed by atoms with Crippen LogP contribution < -0.4 is 5.32 Å². The van der Waals surface area contributed by atoms with Crippen LogP contribution in [0.25, 0.3) is 5.69 Å². The average Bonchev–Trinajstić information content (AvgIpc) is 3.63. The first-order chi connectivity index (χ1) is 16.2. The van der Waals surface area contributed by atoms with Crippen LogP contribution in [0.2, 0.25) is 0 Å². The van der Waals surface area contributed by atoms with Gasteiger partial charge in [-0.1, -0.05) is 48.2 Å². The highest BCUT2D eigenvalue weighted by molar-refractivity contribution is 7.99. The summed E-state index contributed by atoms with van der Waals surface area (Å²) in [6.45, 7) is 0. The molecule has 1 fully saturated rings. The molecule has 1 aliphatic rings. The number of carbonyl (C=O) groups is 2. The predicted molar refractivity (Wildman–Crippen MR) is 129 cm³/mol. The number of rotatable bonds is 8. The van der Waals surface area contributed by atoms with Gasteiger partial charge in [0.25, 0.3) is 5.91 Å². The molecule has 3 aromatic carbocycles. The monoisotopic (exact) mass is 454 g/mol. The second-order valence-electron chi connectivity index (χ2n) is 7.90. The minimum Gasteiger partial charge on any atom is -0.322 e. The van der Waals surface area contributed by atoms with Crippen LogP contribution >= 0.6 is 11.8 Å². The van der Waals surface area contributed by atoms with E-state index in [9.17, 15) is 9.59 Å². The van der Waals surface area contributed by atoms with Crippen molar-refractivity contribution in [2.24, 2.45) is 0 Å². The number of nitrogens with one attached hydrogen (secondary N) is 1. The molecular weight excluding hydrogens is 432 g/mol. The van der Waals surface area contributed by atoms with Gasteiger partial charge in [0.2, 0.25) is 0 Å². The van der Waals surface area contributed by atoms with Crippen LogP contribution in [0.5, 0.6) is 0 Å². The predicted octanol–water partition coefficient (Wildman–Crippen LogP) is 5.37. The third-order valence-corrected chi connectivity index (χ3v) is 6.38. The first-order valence-corrected chi connectivity index (χ1v) is 11.8. The van der Waals surface area contributed by atoms with Crippen molar-refractivity contribution >= 4 is 29.1 Å². The lowest BCUT2D eigenvalue weighted by Gasteiger charge is -2.10. The summed E-state index contributed by atoms with van der Waals surface area (Å²) in [5.74, 6) is 1.48. The van der Waals surface area contributed by atoms with E-state index in [1.54, 1.807) is 36.4 Å². The third kappa shape index (κ3) is 4.88. The van der Waals surface area contributed by atoms with Gasteiger partial charge < -0.3 is 5.32 Å². The number of nitrogens with zero attached hydrogens (tertiary/aromatic N) is 3. The van der Waals surface area contributed by atoms with Gasteiger partial charge in [0.1, 0.15) is 5.82 Å². The number of hydrogen-bond acceptors (Lipinski definition) is 5. The van der Waals surface area contributed by atoms with Gasteiger partial charge in [-0.25, -0.2) is 0 Å². The fourth-order valence-corrected chi connectivity index (χ4v) is 4.40. The molecule has 0 aliphatic heterocycles. The fourth-order valence-electron chi connectivity index (χ4n) is 3.55. The number of anilines is 1. The summed E-state index contributed by atoms with van der Waals surface area (Å²) in [6.07, 6.45) is 2.25. The molecule has 0 saturated heterocycles. The van der Waals surface area contributed by atoms with Crippen molar-refractivity contribution in [3.05, 3.63) is 102 Å². The van der Waals surface area contributed by atoms with Gasteiger partial charge in [-0.3, -0.25) is 14.2 Å². The van der Waals surface area contributed by atoms with Crippen LogP contribution in [0.4, 0.5) is 5.69 Å². The van der Waals surface area contributed by atoms with Crippen LogP contribution in [0.1, 0.15) is 45.3 Å².